The molecule has 3 atom stereocenters. The molecule has 1 amide bonds. The van der Waals surface area contributed by atoms with Crippen molar-refractivity contribution in [2.75, 3.05) is 26.2 Å². The Kier molecular flexibility index (Phi) is 4.13. The molecule has 2 bridgehead atoms. The highest BCUT2D eigenvalue weighted by atomic mass is 16.5. The molecule has 6 heteroatoms. The van der Waals surface area contributed by atoms with E-state index in [1.165, 1.54) is 5.56 Å². The van der Waals surface area contributed by atoms with Crippen LogP contribution < -0.4 is 0 Å². The molecule has 4 aliphatic rings. The molecule has 2 fully saturated rings. The molecule has 1 aromatic rings. The summed E-state index contributed by atoms with van der Waals surface area (Å²) in [6.45, 7) is 6.93. The third-order valence-electron chi connectivity index (χ3n) is 6.62. The van der Waals surface area contributed by atoms with Crippen LogP contribution in [0.4, 0.5) is 0 Å². The van der Waals surface area contributed by atoms with Crippen LogP contribution in [0.1, 0.15) is 49.1 Å². The molecule has 5 rings (SSSR count). The molecule has 2 saturated heterocycles. The van der Waals surface area contributed by atoms with Crippen molar-refractivity contribution in [3.63, 3.8) is 0 Å². The summed E-state index contributed by atoms with van der Waals surface area (Å²) >= 11 is 0. The van der Waals surface area contributed by atoms with Gasteiger partial charge in [-0.25, -0.2) is 0 Å². The maximum absolute atomic E-state index is 12.9. The van der Waals surface area contributed by atoms with E-state index in [0.717, 1.165) is 69.9 Å². The van der Waals surface area contributed by atoms with Gasteiger partial charge in [-0.05, 0) is 25.8 Å². The summed E-state index contributed by atoms with van der Waals surface area (Å²) in [4.78, 5) is 17.4. The van der Waals surface area contributed by atoms with E-state index in [1.807, 2.05) is 4.90 Å². The first-order chi connectivity index (χ1) is 12.7. The largest absolute Gasteiger partial charge is 0.366 e. The monoisotopic (exact) mass is 357 g/mol. The molecule has 1 aromatic heterocycles. The van der Waals surface area contributed by atoms with Crippen LogP contribution in [0.3, 0.4) is 0 Å². The average Bonchev–Trinajstić information content (AvgIpc) is 3.42. The zero-order valence-corrected chi connectivity index (χ0v) is 15.4. The number of likely N-dealkylation sites (tertiary alicyclic amines) is 1. The van der Waals surface area contributed by atoms with Gasteiger partial charge in [0, 0.05) is 44.1 Å². The Labute approximate surface area is 154 Å². The predicted molar refractivity (Wildman–Crippen MR) is 95.6 cm³/mol. The first kappa shape index (κ1) is 16.5. The second kappa shape index (κ2) is 6.50. The molecule has 0 spiro atoms. The molecule has 26 heavy (non-hydrogen) atoms. The number of fused-ring (bicyclic) bond motifs is 3. The van der Waals surface area contributed by atoms with Crippen LogP contribution in [-0.4, -0.2) is 59.3 Å². The minimum absolute atomic E-state index is 0.00606. The number of carbonyl (C=O) groups excluding carboxylic acids is 1. The first-order valence-electron chi connectivity index (χ1n) is 10.0. The second-order valence-electron chi connectivity index (χ2n) is 8.06. The molecule has 0 aromatic carbocycles. The van der Waals surface area contributed by atoms with Crippen LogP contribution in [0.2, 0.25) is 0 Å². The van der Waals surface area contributed by atoms with Crippen molar-refractivity contribution in [3.8, 4) is 0 Å². The highest BCUT2D eigenvalue weighted by Crippen LogP contribution is 2.38. The molecule has 0 aliphatic carbocycles. The quantitative estimate of drug-likeness (QED) is 0.776. The standard InChI is InChI=1S/C20H27N3O3/c1-2-22-8-7-17-16(12-22)19(26-21-17)13-5-9-23(10-6-13)20(24)15-11-14-3-4-18(15)25-14/h3-4,13-15,18H,2,5-12H2,1H3. The molecule has 5 heterocycles. The van der Waals surface area contributed by atoms with Crippen molar-refractivity contribution >= 4 is 5.91 Å². The van der Waals surface area contributed by atoms with Gasteiger partial charge in [-0.15, -0.1) is 0 Å². The van der Waals surface area contributed by atoms with Gasteiger partial charge in [0.1, 0.15) is 5.76 Å². The lowest BCUT2D eigenvalue weighted by Crippen LogP contribution is -2.43. The van der Waals surface area contributed by atoms with E-state index >= 15 is 0 Å². The molecule has 3 unspecified atom stereocenters. The smallest absolute Gasteiger partial charge is 0.228 e. The molecular formula is C20H27N3O3. The van der Waals surface area contributed by atoms with Gasteiger partial charge >= 0.3 is 0 Å². The number of rotatable bonds is 3. The van der Waals surface area contributed by atoms with E-state index in [9.17, 15) is 4.79 Å². The lowest BCUT2D eigenvalue weighted by atomic mass is 9.88. The topological polar surface area (TPSA) is 58.8 Å². The number of hydrogen-bond donors (Lipinski definition) is 0. The van der Waals surface area contributed by atoms with Gasteiger partial charge in [0.05, 0.1) is 23.8 Å². The lowest BCUT2D eigenvalue weighted by molar-refractivity contribution is -0.137. The van der Waals surface area contributed by atoms with Crippen LogP contribution in [-0.2, 0) is 22.5 Å². The number of aromatic nitrogens is 1. The Morgan fingerprint density at radius 1 is 1.27 bits per heavy atom. The highest BCUT2D eigenvalue weighted by Gasteiger charge is 2.43. The van der Waals surface area contributed by atoms with E-state index in [2.05, 4.69) is 29.1 Å². The molecule has 140 valence electrons. The maximum Gasteiger partial charge on any atom is 0.228 e. The van der Waals surface area contributed by atoms with Crippen molar-refractivity contribution in [2.24, 2.45) is 5.92 Å². The van der Waals surface area contributed by atoms with Crippen LogP contribution in [0.5, 0.6) is 0 Å². The van der Waals surface area contributed by atoms with Crippen LogP contribution in [0.25, 0.3) is 0 Å². The van der Waals surface area contributed by atoms with E-state index in [-0.39, 0.29) is 24.0 Å². The number of ether oxygens (including phenoxy) is 1. The summed E-state index contributed by atoms with van der Waals surface area (Å²) in [6.07, 6.45) is 8.09. The summed E-state index contributed by atoms with van der Waals surface area (Å²) in [5, 5.41) is 4.34. The fourth-order valence-corrected chi connectivity index (χ4v) is 4.99. The Bertz CT molecular complexity index is 720. The maximum atomic E-state index is 12.9. The van der Waals surface area contributed by atoms with Gasteiger partial charge in [-0.3, -0.25) is 9.69 Å². The lowest BCUT2D eigenvalue weighted by Gasteiger charge is -2.34. The first-order valence-corrected chi connectivity index (χ1v) is 10.0. The SMILES string of the molecule is CCN1CCc2noc(C3CCN(C(=O)C4CC5C=CC4O5)CC3)c2C1. The van der Waals surface area contributed by atoms with Gasteiger partial charge in [-0.1, -0.05) is 24.2 Å². The number of likely N-dealkylation sites (N-methyl/N-ethyl adjacent to an activating group) is 1. The number of carbonyl (C=O) groups is 1. The average molecular weight is 357 g/mol. The molecular weight excluding hydrogens is 330 g/mol. The van der Waals surface area contributed by atoms with Crippen molar-refractivity contribution in [1.29, 1.82) is 0 Å². The van der Waals surface area contributed by atoms with Gasteiger partial charge < -0.3 is 14.2 Å². The van der Waals surface area contributed by atoms with Crippen molar-refractivity contribution in [2.45, 2.75) is 57.3 Å². The van der Waals surface area contributed by atoms with E-state index in [1.54, 1.807) is 0 Å². The van der Waals surface area contributed by atoms with Crippen molar-refractivity contribution in [3.05, 3.63) is 29.2 Å². The second-order valence-corrected chi connectivity index (χ2v) is 8.06. The van der Waals surface area contributed by atoms with E-state index in [4.69, 9.17) is 9.26 Å². The zero-order chi connectivity index (χ0) is 17.7. The third-order valence-corrected chi connectivity index (χ3v) is 6.62. The van der Waals surface area contributed by atoms with Crippen LogP contribution >= 0.6 is 0 Å². The van der Waals surface area contributed by atoms with Gasteiger partial charge in [0.2, 0.25) is 5.91 Å². The number of hydrogen-bond acceptors (Lipinski definition) is 5. The Morgan fingerprint density at radius 3 is 2.81 bits per heavy atom. The fraction of sp³-hybridized carbons (Fsp3) is 0.700. The predicted octanol–water partition coefficient (Wildman–Crippen LogP) is 2.10. The fourth-order valence-electron chi connectivity index (χ4n) is 4.99. The van der Waals surface area contributed by atoms with Crippen LogP contribution in [0.15, 0.2) is 16.7 Å². The zero-order valence-electron chi connectivity index (χ0n) is 15.4. The molecule has 0 saturated carbocycles. The molecule has 0 N–H and O–H groups in total. The highest BCUT2D eigenvalue weighted by molar-refractivity contribution is 5.80. The molecule has 0 radical (unpaired) electrons. The van der Waals surface area contributed by atoms with Gasteiger partial charge in [0.25, 0.3) is 0 Å². The van der Waals surface area contributed by atoms with Gasteiger partial charge in [0.15, 0.2) is 0 Å². The van der Waals surface area contributed by atoms with Crippen LogP contribution in [0, 0.1) is 5.92 Å². The number of piperidine rings is 1. The Balaban J connectivity index is 1.23. The Hall–Kier alpha value is -1.66. The molecule has 4 aliphatic heterocycles. The van der Waals surface area contributed by atoms with Gasteiger partial charge in [-0.2, -0.15) is 0 Å². The minimum Gasteiger partial charge on any atom is -0.366 e. The summed E-state index contributed by atoms with van der Waals surface area (Å²) in [5.74, 6) is 1.77. The van der Waals surface area contributed by atoms with Crippen molar-refractivity contribution in [1.82, 2.24) is 15.0 Å². The number of nitrogens with zero attached hydrogens (tertiary/aromatic N) is 3. The van der Waals surface area contributed by atoms with E-state index in [0.29, 0.717) is 5.92 Å². The summed E-state index contributed by atoms with van der Waals surface area (Å²) in [7, 11) is 0. The summed E-state index contributed by atoms with van der Waals surface area (Å²) in [6, 6.07) is 0. The Morgan fingerprint density at radius 2 is 2.12 bits per heavy atom. The minimum atomic E-state index is 0.00606. The number of amides is 1. The third kappa shape index (κ3) is 2.70. The summed E-state index contributed by atoms with van der Waals surface area (Å²) < 4.78 is 11.5. The summed E-state index contributed by atoms with van der Waals surface area (Å²) in [5.41, 5.74) is 2.46. The molecule has 6 nitrogen and oxygen atoms in total. The van der Waals surface area contributed by atoms with Crippen molar-refractivity contribution < 1.29 is 14.1 Å². The van der Waals surface area contributed by atoms with E-state index < -0.39 is 0 Å². The normalized spacial score (nSPS) is 31.6.